The molecule has 1 amide bonds. The number of anilines is 1. The van der Waals surface area contributed by atoms with Crippen LogP contribution in [0.2, 0.25) is 5.02 Å². The number of hydrogen-bond donors (Lipinski definition) is 0. The molecule has 0 saturated heterocycles. The number of halogens is 2. The summed E-state index contributed by atoms with van der Waals surface area (Å²) in [6, 6.07) is 14.8. The van der Waals surface area contributed by atoms with Crippen molar-refractivity contribution < 1.29 is 4.79 Å². The second-order valence-electron chi connectivity index (χ2n) is 5.90. The van der Waals surface area contributed by atoms with Crippen LogP contribution in [0.1, 0.15) is 36.7 Å². The highest BCUT2D eigenvalue weighted by Gasteiger charge is 2.19. The monoisotopic (exact) mass is 365 g/mol. The van der Waals surface area contributed by atoms with Crippen molar-refractivity contribution in [3.05, 3.63) is 64.7 Å². The quantitative estimate of drug-likeness (QED) is 0.634. The summed E-state index contributed by atoms with van der Waals surface area (Å²) in [6.07, 6.45) is 0. The van der Waals surface area contributed by atoms with Crippen LogP contribution in [0.4, 0.5) is 5.69 Å². The van der Waals surface area contributed by atoms with E-state index in [1.165, 1.54) is 9.49 Å². The molecule has 0 aromatic heterocycles. The zero-order chi connectivity index (χ0) is 15.6. The molecule has 0 bridgehead atoms. The van der Waals surface area contributed by atoms with Gasteiger partial charge in [0.05, 0.1) is 21.8 Å². The van der Waals surface area contributed by atoms with Gasteiger partial charge in [-0.1, -0.05) is 50.6 Å². The van der Waals surface area contributed by atoms with Gasteiger partial charge in [0.2, 0.25) is 0 Å². The highest BCUT2D eigenvalue weighted by atomic mass is 79.9. The van der Waals surface area contributed by atoms with Crippen LogP contribution in [0.5, 0.6) is 0 Å². The van der Waals surface area contributed by atoms with Crippen LogP contribution in [0.15, 0.2) is 48.5 Å². The molecule has 0 aliphatic carbocycles. The molecule has 2 rings (SSSR count). The predicted octanol–water partition coefficient (Wildman–Crippen LogP) is 5.59. The Hall–Kier alpha value is -1.32. The van der Waals surface area contributed by atoms with Gasteiger partial charge in [0, 0.05) is 10.6 Å². The Labute approximate surface area is 139 Å². The largest absolute Gasteiger partial charge is 0.268 e. The first-order chi connectivity index (χ1) is 9.79. The fourth-order valence-electron chi connectivity index (χ4n) is 1.95. The lowest BCUT2D eigenvalue weighted by Gasteiger charge is -2.22. The van der Waals surface area contributed by atoms with Crippen molar-refractivity contribution in [1.82, 2.24) is 0 Å². The summed E-state index contributed by atoms with van der Waals surface area (Å²) in [5.74, 6) is -0.149. The summed E-state index contributed by atoms with van der Waals surface area (Å²) in [6.45, 7) is 6.43. The summed E-state index contributed by atoms with van der Waals surface area (Å²) in [5, 5.41) is 0.546. The van der Waals surface area contributed by atoms with Crippen molar-refractivity contribution in [1.29, 1.82) is 0 Å². The number of amides is 1. The molecule has 0 spiro atoms. The summed E-state index contributed by atoms with van der Waals surface area (Å²) >= 11 is 9.29. The molecule has 2 aromatic carbocycles. The van der Waals surface area contributed by atoms with Crippen molar-refractivity contribution in [3.8, 4) is 0 Å². The SMILES string of the molecule is CC(C)(C)c1cccc(N(Br)C(=O)c2cccc(Cl)c2)c1. The maximum absolute atomic E-state index is 12.5. The Morgan fingerprint density at radius 1 is 1.10 bits per heavy atom. The van der Waals surface area contributed by atoms with Crippen molar-refractivity contribution in [2.75, 3.05) is 3.93 Å². The van der Waals surface area contributed by atoms with Gasteiger partial charge in [-0.25, -0.2) is 3.93 Å². The molecule has 0 aliphatic rings. The first-order valence-corrected chi connectivity index (χ1v) is 7.74. The second kappa shape index (κ2) is 6.20. The van der Waals surface area contributed by atoms with E-state index in [2.05, 4.69) is 43.0 Å². The molecule has 0 aliphatic heterocycles. The van der Waals surface area contributed by atoms with Gasteiger partial charge >= 0.3 is 0 Å². The fraction of sp³-hybridized carbons (Fsp3) is 0.235. The Bertz CT molecular complexity index is 664. The molecule has 21 heavy (non-hydrogen) atoms. The molecule has 4 heteroatoms. The maximum atomic E-state index is 12.5. The molecular formula is C17H17BrClNO. The average molecular weight is 367 g/mol. The molecule has 2 aromatic rings. The first kappa shape index (κ1) is 16.1. The fourth-order valence-corrected chi connectivity index (χ4v) is 2.56. The zero-order valence-corrected chi connectivity index (χ0v) is 14.6. The number of benzene rings is 2. The number of carbonyl (C=O) groups is 1. The lowest BCUT2D eigenvalue weighted by atomic mass is 9.87. The van der Waals surface area contributed by atoms with E-state index in [0.717, 1.165) is 5.69 Å². The van der Waals surface area contributed by atoms with Crippen LogP contribution in [0.25, 0.3) is 0 Å². The van der Waals surface area contributed by atoms with Gasteiger partial charge in [-0.2, -0.15) is 0 Å². The Kier molecular flexibility index (Phi) is 4.74. The second-order valence-corrected chi connectivity index (χ2v) is 7.04. The van der Waals surface area contributed by atoms with Gasteiger partial charge < -0.3 is 0 Å². The third kappa shape index (κ3) is 3.86. The number of hydrogen-bond acceptors (Lipinski definition) is 1. The Morgan fingerprint density at radius 3 is 2.38 bits per heavy atom. The van der Waals surface area contributed by atoms with Crippen molar-refractivity contribution in [2.45, 2.75) is 26.2 Å². The molecule has 0 unspecified atom stereocenters. The third-order valence-corrected chi connectivity index (χ3v) is 4.16. The summed E-state index contributed by atoms with van der Waals surface area (Å²) < 4.78 is 1.47. The molecule has 0 heterocycles. The van der Waals surface area contributed by atoms with E-state index in [-0.39, 0.29) is 11.3 Å². The highest BCUT2D eigenvalue weighted by Crippen LogP contribution is 2.28. The highest BCUT2D eigenvalue weighted by molar-refractivity contribution is 9.10. The van der Waals surface area contributed by atoms with Crippen molar-refractivity contribution >= 4 is 39.3 Å². The average Bonchev–Trinajstić information content (AvgIpc) is 2.45. The smallest absolute Gasteiger partial charge is 0.268 e. The van der Waals surface area contributed by atoms with E-state index in [9.17, 15) is 4.79 Å². The number of nitrogens with zero attached hydrogens (tertiary/aromatic N) is 1. The summed E-state index contributed by atoms with van der Waals surface area (Å²) in [4.78, 5) is 12.5. The topological polar surface area (TPSA) is 20.3 Å². The summed E-state index contributed by atoms with van der Waals surface area (Å²) in [7, 11) is 0. The molecule has 0 fully saturated rings. The van der Waals surface area contributed by atoms with E-state index in [0.29, 0.717) is 10.6 Å². The third-order valence-electron chi connectivity index (χ3n) is 3.19. The number of carbonyl (C=O) groups excluding carboxylic acids is 1. The van der Waals surface area contributed by atoms with E-state index >= 15 is 0 Å². The van der Waals surface area contributed by atoms with Gasteiger partial charge in [0.1, 0.15) is 0 Å². The minimum absolute atomic E-state index is 0.0307. The van der Waals surface area contributed by atoms with Crippen LogP contribution >= 0.6 is 27.7 Å². The lowest BCUT2D eigenvalue weighted by molar-refractivity contribution is 0.101. The van der Waals surface area contributed by atoms with Gasteiger partial charge in [-0.05, 0) is 41.3 Å². The van der Waals surface area contributed by atoms with Crippen molar-refractivity contribution in [3.63, 3.8) is 0 Å². The number of rotatable bonds is 2. The zero-order valence-electron chi connectivity index (χ0n) is 12.2. The maximum Gasteiger partial charge on any atom is 0.268 e. The van der Waals surface area contributed by atoms with Crippen LogP contribution in [-0.4, -0.2) is 5.91 Å². The Morgan fingerprint density at radius 2 is 1.76 bits per heavy atom. The van der Waals surface area contributed by atoms with E-state index in [1.54, 1.807) is 24.3 Å². The summed E-state index contributed by atoms with van der Waals surface area (Å²) in [5.41, 5.74) is 2.54. The van der Waals surface area contributed by atoms with Crippen LogP contribution in [0.3, 0.4) is 0 Å². The first-order valence-electron chi connectivity index (χ1n) is 6.65. The Balaban J connectivity index is 2.32. The molecular weight excluding hydrogens is 350 g/mol. The molecule has 110 valence electrons. The predicted molar refractivity (Wildman–Crippen MR) is 92.3 cm³/mol. The van der Waals surface area contributed by atoms with E-state index < -0.39 is 0 Å². The van der Waals surface area contributed by atoms with Gasteiger partial charge in [0.25, 0.3) is 5.91 Å². The van der Waals surface area contributed by atoms with Crippen molar-refractivity contribution in [2.24, 2.45) is 0 Å². The van der Waals surface area contributed by atoms with Crippen LogP contribution < -0.4 is 3.93 Å². The van der Waals surface area contributed by atoms with Gasteiger partial charge in [-0.15, -0.1) is 0 Å². The van der Waals surface area contributed by atoms with Crippen LogP contribution in [-0.2, 0) is 5.41 Å². The van der Waals surface area contributed by atoms with Gasteiger partial charge in [0.15, 0.2) is 0 Å². The van der Waals surface area contributed by atoms with Crippen LogP contribution in [0, 0.1) is 0 Å². The molecule has 0 atom stereocenters. The van der Waals surface area contributed by atoms with E-state index in [4.69, 9.17) is 11.6 Å². The standard InChI is InChI=1S/C17H17BrClNO/c1-17(2,3)13-7-5-9-15(11-13)20(18)16(21)12-6-4-8-14(19)10-12/h4-11H,1-3H3. The molecule has 2 nitrogen and oxygen atoms in total. The minimum atomic E-state index is -0.149. The minimum Gasteiger partial charge on any atom is -0.268 e. The normalized spacial score (nSPS) is 11.3. The molecule has 0 N–H and O–H groups in total. The molecule has 0 radical (unpaired) electrons. The van der Waals surface area contributed by atoms with E-state index in [1.807, 2.05) is 18.2 Å². The molecule has 0 saturated carbocycles. The lowest BCUT2D eigenvalue weighted by Crippen LogP contribution is -2.21. The van der Waals surface area contributed by atoms with Gasteiger partial charge in [-0.3, -0.25) is 4.79 Å².